The minimum absolute atomic E-state index is 0.0516. The average Bonchev–Trinajstić information content (AvgIpc) is 3.64. The zero-order chi connectivity index (χ0) is 26.6. The highest BCUT2D eigenvalue weighted by Gasteiger charge is 2.21. The van der Waals surface area contributed by atoms with Gasteiger partial charge >= 0.3 is 5.97 Å². The lowest BCUT2D eigenvalue weighted by Crippen LogP contribution is -2.11. The number of hydrogen-bond acceptors (Lipinski definition) is 6. The van der Waals surface area contributed by atoms with E-state index < -0.39 is 5.97 Å². The van der Waals surface area contributed by atoms with Crippen LogP contribution in [0, 0.1) is 0 Å². The van der Waals surface area contributed by atoms with Crippen molar-refractivity contribution in [3.63, 3.8) is 0 Å². The van der Waals surface area contributed by atoms with Crippen molar-refractivity contribution in [3.05, 3.63) is 101 Å². The first-order chi connectivity index (χ1) is 18.4. The van der Waals surface area contributed by atoms with Crippen molar-refractivity contribution in [2.24, 2.45) is 0 Å². The number of carbonyl (C=O) groups is 1. The molecule has 38 heavy (non-hydrogen) atoms. The van der Waals surface area contributed by atoms with Gasteiger partial charge in [-0.25, -0.2) is 14.5 Å². The van der Waals surface area contributed by atoms with Crippen molar-refractivity contribution in [2.45, 2.75) is 45.6 Å². The van der Waals surface area contributed by atoms with Gasteiger partial charge in [0.05, 0.1) is 12.1 Å². The van der Waals surface area contributed by atoms with Crippen molar-refractivity contribution in [2.75, 3.05) is 0 Å². The highest BCUT2D eigenvalue weighted by molar-refractivity contribution is 5.87. The summed E-state index contributed by atoms with van der Waals surface area (Å²) in [6, 6.07) is 23.3. The molecular weight excluding hydrogens is 478 g/mol. The van der Waals surface area contributed by atoms with Crippen LogP contribution in [-0.2, 0) is 6.54 Å². The third kappa shape index (κ3) is 5.08. The van der Waals surface area contributed by atoms with Crippen LogP contribution >= 0.6 is 0 Å². The normalized spacial score (nSPS) is 12.8. The predicted octanol–water partition coefficient (Wildman–Crippen LogP) is 5.54. The molecule has 9 heteroatoms. The number of carboxylic acid groups (broad SMARTS) is 1. The molecule has 0 amide bonds. The van der Waals surface area contributed by atoms with Gasteiger partial charge in [0.2, 0.25) is 5.82 Å². The first-order valence-corrected chi connectivity index (χ1v) is 12.6. The van der Waals surface area contributed by atoms with Crippen LogP contribution in [0.25, 0.3) is 22.5 Å². The molecule has 0 spiro atoms. The van der Waals surface area contributed by atoms with Crippen LogP contribution in [0.5, 0.6) is 0 Å². The topological polar surface area (TPSA) is 122 Å². The quantitative estimate of drug-likeness (QED) is 0.269. The lowest BCUT2D eigenvalue weighted by atomic mass is 9.98. The number of aromatic amines is 1. The molecule has 9 nitrogen and oxygen atoms in total. The van der Waals surface area contributed by atoms with Crippen LogP contribution < -0.4 is 0 Å². The number of aromatic nitrogens is 7. The van der Waals surface area contributed by atoms with Gasteiger partial charge in [-0.3, -0.25) is 0 Å². The molecule has 2 heterocycles. The summed E-state index contributed by atoms with van der Waals surface area (Å²) in [5.74, 6) is 1.48. The summed E-state index contributed by atoms with van der Waals surface area (Å²) in [5.41, 5.74) is 5.35. The van der Waals surface area contributed by atoms with E-state index in [4.69, 9.17) is 10.1 Å². The zero-order valence-corrected chi connectivity index (χ0v) is 21.5. The van der Waals surface area contributed by atoms with Crippen LogP contribution in [0.4, 0.5) is 0 Å². The molecule has 5 aromatic rings. The second-order valence-corrected chi connectivity index (χ2v) is 9.42. The molecular formula is C29H29N7O2. The third-order valence-corrected chi connectivity index (χ3v) is 6.93. The SMILES string of the molecule is CCC(C)c1nc(C(C)c2ccc(C(=O)O)cc2)n(Cc2ccc(-c3ccccc3-c3nn[nH]n3)cc2)n1. The summed E-state index contributed by atoms with van der Waals surface area (Å²) in [4.78, 5) is 16.2. The molecule has 2 atom stereocenters. The van der Waals surface area contributed by atoms with Crippen LogP contribution in [0.1, 0.15) is 72.2 Å². The molecule has 0 saturated carbocycles. The molecule has 2 N–H and O–H groups in total. The largest absolute Gasteiger partial charge is 0.478 e. The fraction of sp³-hybridized carbons (Fsp3) is 0.241. The van der Waals surface area contributed by atoms with Crippen LogP contribution in [-0.4, -0.2) is 46.5 Å². The zero-order valence-electron chi connectivity index (χ0n) is 21.5. The minimum Gasteiger partial charge on any atom is -0.478 e. The molecule has 0 fully saturated rings. The standard InChI is InChI=1S/C29H29N7O2/c1-4-18(2)26-30-28(19(3)21-13-15-23(16-14-21)29(37)38)36(33-26)17-20-9-11-22(12-10-20)24-7-5-6-8-25(24)27-31-34-35-32-27/h5-16,18-19H,4,17H2,1-3H3,(H,37,38)(H,31,32,34,35). The number of hydrogen-bond donors (Lipinski definition) is 2. The van der Waals surface area contributed by atoms with Gasteiger partial charge in [0.15, 0.2) is 5.82 Å². The van der Waals surface area contributed by atoms with E-state index in [2.05, 4.69) is 65.7 Å². The Hall–Kier alpha value is -4.66. The molecule has 0 saturated heterocycles. The molecule has 2 unspecified atom stereocenters. The highest BCUT2D eigenvalue weighted by Crippen LogP contribution is 2.30. The van der Waals surface area contributed by atoms with Gasteiger partial charge in [-0.05, 0) is 46.0 Å². The molecule has 2 aromatic heterocycles. The van der Waals surface area contributed by atoms with E-state index in [-0.39, 0.29) is 17.4 Å². The van der Waals surface area contributed by atoms with E-state index >= 15 is 0 Å². The summed E-state index contributed by atoms with van der Waals surface area (Å²) >= 11 is 0. The Kier molecular flexibility index (Phi) is 7.08. The van der Waals surface area contributed by atoms with Gasteiger partial charge in [0.25, 0.3) is 0 Å². The number of tetrazole rings is 1. The summed E-state index contributed by atoms with van der Waals surface area (Å²) in [6.45, 7) is 6.91. The fourth-order valence-corrected chi connectivity index (χ4v) is 4.43. The van der Waals surface area contributed by atoms with E-state index in [1.54, 1.807) is 12.1 Å². The lowest BCUT2D eigenvalue weighted by Gasteiger charge is -2.14. The van der Waals surface area contributed by atoms with E-state index in [0.29, 0.717) is 12.4 Å². The Morgan fingerprint density at radius 2 is 1.68 bits per heavy atom. The Morgan fingerprint density at radius 3 is 2.32 bits per heavy atom. The van der Waals surface area contributed by atoms with Crippen molar-refractivity contribution < 1.29 is 9.90 Å². The van der Waals surface area contributed by atoms with Gasteiger partial charge in [-0.2, -0.15) is 10.3 Å². The number of H-pyrrole nitrogens is 1. The molecule has 0 bridgehead atoms. The fourth-order valence-electron chi connectivity index (χ4n) is 4.43. The third-order valence-electron chi connectivity index (χ3n) is 6.93. The number of benzene rings is 3. The van der Waals surface area contributed by atoms with Crippen molar-refractivity contribution in [1.82, 2.24) is 35.4 Å². The predicted molar refractivity (Wildman–Crippen MR) is 144 cm³/mol. The monoisotopic (exact) mass is 507 g/mol. The van der Waals surface area contributed by atoms with Crippen molar-refractivity contribution in [3.8, 4) is 22.5 Å². The van der Waals surface area contributed by atoms with Crippen molar-refractivity contribution >= 4 is 5.97 Å². The Bertz CT molecular complexity index is 1520. The lowest BCUT2D eigenvalue weighted by molar-refractivity contribution is 0.0697. The summed E-state index contributed by atoms with van der Waals surface area (Å²) < 4.78 is 1.97. The van der Waals surface area contributed by atoms with Crippen LogP contribution in [0.15, 0.2) is 72.8 Å². The summed E-state index contributed by atoms with van der Waals surface area (Å²) in [5, 5.41) is 28.6. The minimum atomic E-state index is -0.935. The maximum absolute atomic E-state index is 11.3. The first-order valence-electron chi connectivity index (χ1n) is 12.6. The van der Waals surface area contributed by atoms with Gasteiger partial charge in [-0.1, -0.05) is 81.4 Å². The van der Waals surface area contributed by atoms with E-state index in [1.807, 2.05) is 41.1 Å². The van der Waals surface area contributed by atoms with E-state index in [1.165, 1.54) is 0 Å². The second-order valence-electron chi connectivity index (χ2n) is 9.42. The van der Waals surface area contributed by atoms with Crippen LogP contribution in [0.2, 0.25) is 0 Å². The molecule has 0 aliphatic carbocycles. The van der Waals surface area contributed by atoms with Gasteiger partial charge in [0, 0.05) is 17.4 Å². The molecule has 3 aromatic carbocycles. The number of aromatic carboxylic acids is 1. The first kappa shape index (κ1) is 25.0. The number of rotatable bonds is 9. The molecule has 192 valence electrons. The molecule has 0 aliphatic heterocycles. The Balaban J connectivity index is 1.44. The molecule has 5 rings (SSSR count). The summed E-state index contributed by atoms with van der Waals surface area (Å²) in [7, 11) is 0. The molecule has 0 aliphatic rings. The Morgan fingerprint density at radius 1 is 0.974 bits per heavy atom. The second kappa shape index (κ2) is 10.8. The molecule has 0 radical (unpaired) electrons. The Labute approximate surface area is 220 Å². The van der Waals surface area contributed by atoms with E-state index in [9.17, 15) is 9.90 Å². The maximum Gasteiger partial charge on any atom is 0.335 e. The highest BCUT2D eigenvalue weighted by atomic mass is 16.4. The maximum atomic E-state index is 11.3. The van der Waals surface area contributed by atoms with Gasteiger partial charge in [-0.15, -0.1) is 10.2 Å². The number of nitrogens with one attached hydrogen (secondary N) is 1. The van der Waals surface area contributed by atoms with Crippen molar-refractivity contribution in [1.29, 1.82) is 0 Å². The smallest absolute Gasteiger partial charge is 0.335 e. The van der Waals surface area contributed by atoms with Crippen LogP contribution in [0.3, 0.4) is 0 Å². The average molecular weight is 508 g/mol. The number of nitrogens with zero attached hydrogens (tertiary/aromatic N) is 6. The van der Waals surface area contributed by atoms with Gasteiger partial charge < -0.3 is 5.11 Å². The summed E-state index contributed by atoms with van der Waals surface area (Å²) in [6.07, 6.45) is 0.944. The van der Waals surface area contributed by atoms with Gasteiger partial charge in [0.1, 0.15) is 5.82 Å². The van der Waals surface area contributed by atoms with E-state index in [0.717, 1.165) is 45.9 Å². The number of carboxylic acids is 1.